The molecule has 78 valence electrons. The summed E-state index contributed by atoms with van der Waals surface area (Å²) in [7, 11) is 0. The second-order valence-corrected chi connectivity index (χ2v) is 4.58. The van der Waals surface area contributed by atoms with Crippen LogP contribution in [0.25, 0.3) is 0 Å². The Kier molecular flexibility index (Phi) is 2.61. The van der Waals surface area contributed by atoms with Gasteiger partial charge in [-0.1, -0.05) is 22.0 Å². The highest BCUT2D eigenvalue weighted by molar-refractivity contribution is 9.10. The van der Waals surface area contributed by atoms with Crippen LogP contribution < -0.4 is 0 Å². The molecular formula is C11H9BrO3. The van der Waals surface area contributed by atoms with Crippen LogP contribution in [0.2, 0.25) is 0 Å². The number of rotatable bonds is 2. The van der Waals surface area contributed by atoms with Crippen molar-refractivity contribution in [1.29, 1.82) is 0 Å². The largest absolute Gasteiger partial charge is 0.481 e. The molecule has 0 aromatic heterocycles. The maximum absolute atomic E-state index is 11.8. The SMILES string of the molecule is O=C(O)C[C@H]1Cc2cc(Br)ccc2C1=O. The molecule has 1 aliphatic carbocycles. The van der Waals surface area contributed by atoms with E-state index in [-0.39, 0.29) is 18.1 Å². The molecule has 1 aromatic carbocycles. The Labute approximate surface area is 95.2 Å². The maximum Gasteiger partial charge on any atom is 0.304 e. The molecule has 0 fully saturated rings. The summed E-state index contributed by atoms with van der Waals surface area (Å²) in [6.45, 7) is 0. The lowest BCUT2D eigenvalue weighted by Crippen LogP contribution is -2.13. The fourth-order valence-corrected chi connectivity index (χ4v) is 2.33. The second-order valence-electron chi connectivity index (χ2n) is 3.66. The first kappa shape index (κ1) is 10.4. The zero-order chi connectivity index (χ0) is 11.0. The van der Waals surface area contributed by atoms with E-state index in [1.165, 1.54) is 0 Å². The second kappa shape index (κ2) is 3.77. The van der Waals surface area contributed by atoms with Gasteiger partial charge in [0.15, 0.2) is 5.78 Å². The summed E-state index contributed by atoms with van der Waals surface area (Å²) in [6.07, 6.45) is 0.463. The lowest BCUT2D eigenvalue weighted by molar-refractivity contribution is -0.137. The molecule has 0 aliphatic heterocycles. The molecule has 2 rings (SSSR count). The lowest BCUT2D eigenvalue weighted by atomic mass is 10.0. The molecule has 1 atom stereocenters. The number of aliphatic carboxylic acids is 1. The number of carbonyl (C=O) groups is 2. The number of carbonyl (C=O) groups excluding carboxylic acids is 1. The van der Waals surface area contributed by atoms with Crippen molar-refractivity contribution in [2.75, 3.05) is 0 Å². The van der Waals surface area contributed by atoms with Crippen LogP contribution >= 0.6 is 15.9 Å². The number of halogens is 1. The van der Waals surface area contributed by atoms with Crippen LogP contribution in [0, 0.1) is 5.92 Å². The summed E-state index contributed by atoms with van der Waals surface area (Å²) in [5.74, 6) is -1.34. The maximum atomic E-state index is 11.8. The van der Waals surface area contributed by atoms with Gasteiger partial charge < -0.3 is 5.11 Å². The molecule has 15 heavy (non-hydrogen) atoms. The van der Waals surface area contributed by atoms with Gasteiger partial charge in [0.1, 0.15) is 0 Å². The van der Waals surface area contributed by atoms with E-state index in [1.807, 2.05) is 6.07 Å². The van der Waals surface area contributed by atoms with Gasteiger partial charge >= 0.3 is 5.97 Å². The minimum atomic E-state index is -0.916. The minimum absolute atomic E-state index is 0.0418. The van der Waals surface area contributed by atoms with Gasteiger partial charge in [-0.3, -0.25) is 9.59 Å². The number of ketones is 1. The van der Waals surface area contributed by atoms with E-state index in [1.54, 1.807) is 12.1 Å². The van der Waals surface area contributed by atoms with Crippen LogP contribution in [0.15, 0.2) is 22.7 Å². The molecule has 4 heteroatoms. The van der Waals surface area contributed by atoms with Crippen molar-refractivity contribution >= 4 is 27.7 Å². The summed E-state index contributed by atoms with van der Waals surface area (Å²) in [5.41, 5.74) is 1.62. The van der Waals surface area contributed by atoms with Crippen molar-refractivity contribution in [3.63, 3.8) is 0 Å². The molecule has 1 aliphatic rings. The fourth-order valence-electron chi connectivity index (χ4n) is 1.93. The predicted octanol–water partition coefficient (Wildman–Crippen LogP) is 2.28. The lowest BCUT2D eigenvalue weighted by Gasteiger charge is -2.01. The molecule has 0 spiro atoms. The number of hydrogen-bond acceptors (Lipinski definition) is 2. The van der Waals surface area contributed by atoms with Crippen molar-refractivity contribution < 1.29 is 14.7 Å². The predicted molar refractivity (Wildman–Crippen MR) is 57.9 cm³/mol. The zero-order valence-corrected chi connectivity index (χ0v) is 9.45. The van der Waals surface area contributed by atoms with Crippen LogP contribution in [0.5, 0.6) is 0 Å². The van der Waals surface area contributed by atoms with Crippen LogP contribution in [0.1, 0.15) is 22.3 Å². The molecule has 0 heterocycles. The number of carboxylic acids is 1. The molecule has 0 amide bonds. The average Bonchev–Trinajstić information content (AvgIpc) is 2.42. The summed E-state index contributed by atoms with van der Waals surface area (Å²) in [5, 5.41) is 8.66. The van der Waals surface area contributed by atoms with Gasteiger partial charge in [0.2, 0.25) is 0 Å². The van der Waals surface area contributed by atoms with E-state index >= 15 is 0 Å². The summed E-state index contributed by atoms with van der Waals surface area (Å²) >= 11 is 3.33. The molecule has 0 saturated carbocycles. The smallest absolute Gasteiger partial charge is 0.304 e. The first-order chi connectivity index (χ1) is 7.08. The first-order valence-corrected chi connectivity index (χ1v) is 5.41. The minimum Gasteiger partial charge on any atom is -0.481 e. The Morgan fingerprint density at radius 3 is 2.93 bits per heavy atom. The van der Waals surface area contributed by atoms with Gasteiger partial charge in [0.05, 0.1) is 6.42 Å². The van der Waals surface area contributed by atoms with E-state index in [9.17, 15) is 9.59 Å². The van der Waals surface area contributed by atoms with Gasteiger partial charge in [0.25, 0.3) is 0 Å². The van der Waals surface area contributed by atoms with Gasteiger partial charge in [-0.05, 0) is 24.1 Å². The molecule has 0 radical (unpaired) electrons. The van der Waals surface area contributed by atoms with Gasteiger partial charge in [-0.2, -0.15) is 0 Å². The van der Waals surface area contributed by atoms with Gasteiger partial charge in [-0.25, -0.2) is 0 Å². The molecule has 3 nitrogen and oxygen atoms in total. The Morgan fingerprint density at radius 1 is 1.53 bits per heavy atom. The number of Topliss-reactive ketones (excluding diaryl/α,β-unsaturated/α-hetero) is 1. The van der Waals surface area contributed by atoms with Crippen LogP contribution in [-0.2, 0) is 11.2 Å². The average molecular weight is 269 g/mol. The van der Waals surface area contributed by atoms with Gasteiger partial charge in [-0.15, -0.1) is 0 Å². The third kappa shape index (κ3) is 1.95. The molecule has 1 N–H and O–H groups in total. The summed E-state index contributed by atoms with van der Waals surface area (Å²) in [6, 6.07) is 5.44. The summed E-state index contributed by atoms with van der Waals surface area (Å²) < 4.78 is 0.921. The van der Waals surface area contributed by atoms with Gasteiger partial charge in [0, 0.05) is 16.0 Å². The molecule has 0 unspecified atom stereocenters. The monoisotopic (exact) mass is 268 g/mol. The molecule has 1 aromatic rings. The fraction of sp³-hybridized carbons (Fsp3) is 0.273. The van der Waals surface area contributed by atoms with Crippen molar-refractivity contribution in [3.8, 4) is 0 Å². The zero-order valence-electron chi connectivity index (χ0n) is 7.87. The Balaban J connectivity index is 2.29. The van der Waals surface area contributed by atoms with E-state index in [0.29, 0.717) is 12.0 Å². The molecular weight excluding hydrogens is 260 g/mol. The topological polar surface area (TPSA) is 54.4 Å². The summed E-state index contributed by atoms with van der Waals surface area (Å²) in [4.78, 5) is 22.3. The Hall–Kier alpha value is -1.16. The van der Waals surface area contributed by atoms with Crippen LogP contribution in [0.3, 0.4) is 0 Å². The first-order valence-electron chi connectivity index (χ1n) is 4.62. The number of fused-ring (bicyclic) bond motifs is 1. The van der Waals surface area contributed by atoms with Crippen molar-refractivity contribution in [1.82, 2.24) is 0 Å². The van der Waals surface area contributed by atoms with Crippen molar-refractivity contribution in [2.24, 2.45) is 5.92 Å². The molecule has 0 bridgehead atoms. The third-order valence-electron chi connectivity index (χ3n) is 2.59. The van der Waals surface area contributed by atoms with E-state index in [4.69, 9.17) is 5.11 Å². The highest BCUT2D eigenvalue weighted by Gasteiger charge is 2.31. The standard InChI is InChI=1S/C11H9BrO3/c12-8-1-2-9-6(4-8)3-7(11(9)15)5-10(13)14/h1-2,4,7H,3,5H2,(H,13,14)/t7-/m1/s1. The van der Waals surface area contributed by atoms with Crippen LogP contribution in [0.4, 0.5) is 0 Å². The van der Waals surface area contributed by atoms with E-state index in [2.05, 4.69) is 15.9 Å². The highest BCUT2D eigenvalue weighted by Crippen LogP contribution is 2.30. The Bertz CT molecular complexity index is 439. The third-order valence-corrected chi connectivity index (χ3v) is 3.08. The Morgan fingerprint density at radius 2 is 2.27 bits per heavy atom. The van der Waals surface area contributed by atoms with E-state index in [0.717, 1.165) is 10.0 Å². The molecule has 0 saturated heterocycles. The normalized spacial score (nSPS) is 19.0. The number of benzene rings is 1. The quantitative estimate of drug-likeness (QED) is 0.896. The van der Waals surface area contributed by atoms with Crippen molar-refractivity contribution in [2.45, 2.75) is 12.8 Å². The number of hydrogen-bond donors (Lipinski definition) is 1. The van der Waals surface area contributed by atoms with Crippen molar-refractivity contribution in [3.05, 3.63) is 33.8 Å². The number of carboxylic acid groups (broad SMARTS) is 1. The van der Waals surface area contributed by atoms with E-state index < -0.39 is 5.97 Å². The van der Waals surface area contributed by atoms with Crippen LogP contribution in [-0.4, -0.2) is 16.9 Å². The highest BCUT2D eigenvalue weighted by atomic mass is 79.9.